The van der Waals surface area contributed by atoms with Crippen LogP contribution in [-0.2, 0) is 11.3 Å². The van der Waals surface area contributed by atoms with Gasteiger partial charge in [-0.05, 0) is 43.2 Å². The quantitative estimate of drug-likeness (QED) is 0.517. The second kappa shape index (κ2) is 9.67. The Labute approximate surface area is 148 Å². The Morgan fingerprint density at radius 2 is 1.88 bits per heavy atom. The normalized spacial score (nSPS) is 10.4. The van der Waals surface area contributed by atoms with Crippen molar-refractivity contribution < 1.29 is 18.7 Å². The van der Waals surface area contributed by atoms with Crippen LogP contribution >= 0.6 is 0 Å². The molecule has 2 aromatic carbocycles. The van der Waals surface area contributed by atoms with Crippen molar-refractivity contribution >= 4 is 11.7 Å². The first-order chi connectivity index (χ1) is 12.1. The van der Waals surface area contributed by atoms with Gasteiger partial charge in [-0.2, -0.15) is 0 Å². The minimum absolute atomic E-state index is 0.271. The maximum atomic E-state index is 13.0. The fourth-order valence-corrected chi connectivity index (χ4v) is 2.32. The largest absolute Gasteiger partial charge is 0.490 e. The smallest absolute Gasteiger partial charge is 0.311 e. The lowest BCUT2D eigenvalue weighted by molar-refractivity contribution is -0.134. The van der Waals surface area contributed by atoms with Crippen LogP contribution in [0.5, 0.6) is 11.5 Å². The SMILES string of the molecule is CCCCC(=O)Oc1c(NCc2ccc(F)cc2)cccc1OCC. The number of nitrogens with one attached hydrogen (secondary N) is 1. The molecule has 0 radical (unpaired) electrons. The third-order valence-corrected chi connectivity index (χ3v) is 3.63. The van der Waals surface area contributed by atoms with Gasteiger partial charge in [-0.25, -0.2) is 4.39 Å². The summed E-state index contributed by atoms with van der Waals surface area (Å²) in [7, 11) is 0. The molecular weight excluding hydrogens is 321 g/mol. The van der Waals surface area contributed by atoms with Crippen LogP contribution < -0.4 is 14.8 Å². The number of benzene rings is 2. The van der Waals surface area contributed by atoms with E-state index in [9.17, 15) is 9.18 Å². The predicted molar refractivity (Wildman–Crippen MR) is 96.5 cm³/mol. The molecule has 0 aliphatic carbocycles. The maximum absolute atomic E-state index is 13.0. The number of ether oxygens (including phenoxy) is 2. The van der Waals surface area contributed by atoms with Gasteiger partial charge in [-0.3, -0.25) is 4.79 Å². The minimum Gasteiger partial charge on any atom is -0.490 e. The number of carbonyl (C=O) groups is 1. The summed E-state index contributed by atoms with van der Waals surface area (Å²) in [5.41, 5.74) is 1.59. The summed E-state index contributed by atoms with van der Waals surface area (Å²) in [5.74, 6) is 0.371. The molecular formula is C20H24FNO3. The van der Waals surface area contributed by atoms with Crippen molar-refractivity contribution in [1.82, 2.24) is 0 Å². The molecule has 0 fully saturated rings. The number of carbonyl (C=O) groups excluding carboxylic acids is 1. The van der Waals surface area contributed by atoms with Gasteiger partial charge in [-0.15, -0.1) is 0 Å². The van der Waals surface area contributed by atoms with Crippen LogP contribution in [-0.4, -0.2) is 12.6 Å². The number of para-hydroxylation sites is 1. The third-order valence-electron chi connectivity index (χ3n) is 3.63. The molecule has 2 rings (SSSR count). The minimum atomic E-state index is -0.279. The number of rotatable bonds is 9. The Kier molecular flexibility index (Phi) is 7.26. The van der Waals surface area contributed by atoms with Crippen LogP contribution in [0.15, 0.2) is 42.5 Å². The van der Waals surface area contributed by atoms with Gasteiger partial charge in [0, 0.05) is 13.0 Å². The zero-order valence-corrected chi connectivity index (χ0v) is 14.7. The second-order valence-electron chi connectivity index (χ2n) is 5.62. The summed E-state index contributed by atoms with van der Waals surface area (Å²) in [6.45, 7) is 4.86. The van der Waals surface area contributed by atoms with Crippen molar-refractivity contribution in [2.75, 3.05) is 11.9 Å². The number of halogens is 1. The first kappa shape index (κ1) is 18.8. The Hall–Kier alpha value is -2.56. The molecule has 0 atom stereocenters. The van der Waals surface area contributed by atoms with Gasteiger partial charge >= 0.3 is 5.97 Å². The van der Waals surface area contributed by atoms with E-state index in [0.717, 1.165) is 18.4 Å². The van der Waals surface area contributed by atoms with E-state index in [0.29, 0.717) is 36.8 Å². The first-order valence-corrected chi connectivity index (χ1v) is 8.58. The van der Waals surface area contributed by atoms with E-state index in [1.807, 2.05) is 26.0 Å². The van der Waals surface area contributed by atoms with Crippen molar-refractivity contribution in [3.8, 4) is 11.5 Å². The fourth-order valence-electron chi connectivity index (χ4n) is 2.32. The molecule has 4 nitrogen and oxygen atoms in total. The molecule has 134 valence electrons. The van der Waals surface area contributed by atoms with Crippen LogP contribution in [0.2, 0.25) is 0 Å². The highest BCUT2D eigenvalue weighted by Gasteiger charge is 2.15. The summed E-state index contributed by atoms with van der Waals surface area (Å²) in [5, 5.41) is 3.23. The number of anilines is 1. The van der Waals surface area contributed by atoms with Crippen LogP contribution in [0.4, 0.5) is 10.1 Å². The molecule has 0 saturated heterocycles. The molecule has 0 aromatic heterocycles. The summed E-state index contributed by atoms with van der Waals surface area (Å²) in [6.07, 6.45) is 2.08. The Morgan fingerprint density at radius 3 is 2.56 bits per heavy atom. The van der Waals surface area contributed by atoms with Gasteiger partial charge in [0.2, 0.25) is 0 Å². The van der Waals surface area contributed by atoms with E-state index >= 15 is 0 Å². The van der Waals surface area contributed by atoms with Crippen molar-refractivity contribution in [3.63, 3.8) is 0 Å². The molecule has 0 spiro atoms. The van der Waals surface area contributed by atoms with E-state index < -0.39 is 0 Å². The molecule has 0 bridgehead atoms. The highest BCUT2D eigenvalue weighted by atomic mass is 19.1. The van der Waals surface area contributed by atoms with Crippen LogP contribution in [0.3, 0.4) is 0 Å². The molecule has 0 aliphatic rings. The summed E-state index contributed by atoms with van der Waals surface area (Å²) in [6, 6.07) is 11.7. The topological polar surface area (TPSA) is 47.6 Å². The van der Waals surface area contributed by atoms with Crippen LogP contribution in [0.1, 0.15) is 38.7 Å². The maximum Gasteiger partial charge on any atom is 0.311 e. The molecule has 0 unspecified atom stereocenters. The average Bonchev–Trinajstić information content (AvgIpc) is 2.61. The van der Waals surface area contributed by atoms with Gasteiger partial charge in [0.15, 0.2) is 11.5 Å². The average molecular weight is 345 g/mol. The van der Waals surface area contributed by atoms with Crippen LogP contribution in [0.25, 0.3) is 0 Å². The van der Waals surface area contributed by atoms with Crippen molar-refractivity contribution in [2.45, 2.75) is 39.7 Å². The van der Waals surface area contributed by atoms with E-state index in [1.165, 1.54) is 12.1 Å². The Balaban J connectivity index is 2.15. The first-order valence-electron chi connectivity index (χ1n) is 8.58. The highest BCUT2D eigenvalue weighted by Crippen LogP contribution is 2.36. The zero-order valence-electron chi connectivity index (χ0n) is 14.7. The zero-order chi connectivity index (χ0) is 18.1. The molecule has 0 aliphatic heterocycles. The molecule has 1 N–H and O–H groups in total. The van der Waals surface area contributed by atoms with Gasteiger partial charge in [0.25, 0.3) is 0 Å². The van der Waals surface area contributed by atoms with Crippen molar-refractivity contribution in [3.05, 3.63) is 53.8 Å². The summed E-state index contributed by atoms with van der Waals surface area (Å²) < 4.78 is 24.1. The van der Waals surface area contributed by atoms with E-state index in [1.54, 1.807) is 18.2 Å². The van der Waals surface area contributed by atoms with Gasteiger partial charge < -0.3 is 14.8 Å². The number of hydrogen-bond acceptors (Lipinski definition) is 4. The molecule has 5 heteroatoms. The van der Waals surface area contributed by atoms with Gasteiger partial charge in [0.1, 0.15) is 5.82 Å². The second-order valence-corrected chi connectivity index (χ2v) is 5.62. The van der Waals surface area contributed by atoms with Crippen molar-refractivity contribution in [1.29, 1.82) is 0 Å². The molecule has 25 heavy (non-hydrogen) atoms. The molecule has 0 saturated carbocycles. The number of hydrogen-bond donors (Lipinski definition) is 1. The van der Waals surface area contributed by atoms with Crippen molar-refractivity contribution in [2.24, 2.45) is 0 Å². The third kappa shape index (κ3) is 5.78. The van der Waals surface area contributed by atoms with E-state index in [2.05, 4.69) is 5.32 Å². The predicted octanol–water partition coefficient (Wildman–Crippen LogP) is 4.93. The highest BCUT2D eigenvalue weighted by molar-refractivity contribution is 5.77. The molecule has 0 amide bonds. The Bertz CT molecular complexity index is 686. The van der Waals surface area contributed by atoms with Crippen LogP contribution in [0, 0.1) is 5.82 Å². The molecule has 0 heterocycles. The summed E-state index contributed by atoms with van der Waals surface area (Å²) in [4.78, 5) is 12.0. The monoisotopic (exact) mass is 345 g/mol. The molecule has 2 aromatic rings. The number of unbranched alkanes of at least 4 members (excludes halogenated alkanes) is 1. The van der Waals surface area contributed by atoms with E-state index in [4.69, 9.17) is 9.47 Å². The standard InChI is InChI=1S/C20H24FNO3/c1-3-5-9-19(23)25-20-17(7-6-8-18(20)24-4-2)22-14-15-10-12-16(21)13-11-15/h6-8,10-13,22H,3-5,9,14H2,1-2H3. The van der Waals surface area contributed by atoms with Gasteiger partial charge in [0.05, 0.1) is 12.3 Å². The lowest BCUT2D eigenvalue weighted by Gasteiger charge is -2.16. The number of esters is 1. The lowest BCUT2D eigenvalue weighted by atomic mass is 10.2. The van der Waals surface area contributed by atoms with E-state index in [-0.39, 0.29) is 11.8 Å². The fraction of sp³-hybridized carbons (Fsp3) is 0.350. The summed E-state index contributed by atoms with van der Waals surface area (Å²) >= 11 is 0. The van der Waals surface area contributed by atoms with Gasteiger partial charge in [-0.1, -0.05) is 31.5 Å². The Morgan fingerprint density at radius 1 is 1.12 bits per heavy atom. The lowest BCUT2D eigenvalue weighted by Crippen LogP contribution is -2.11.